The number of hydrogen-bond acceptors (Lipinski definition) is 2. The second-order valence-electron chi connectivity index (χ2n) is 2.46. The van der Waals surface area contributed by atoms with Crippen molar-refractivity contribution in [3.05, 3.63) is 16.2 Å². The van der Waals surface area contributed by atoms with E-state index in [2.05, 4.69) is 25.9 Å². The summed E-state index contributed by atoms with van der Waals surface area (Å²) in [4.78, 5) is 15.4. The molecule has 0 radical (unpaired) electrons. The Bertz CT molecular complexity index is 320. The summed E-state index contributed by atoms with van der Waals surface area (Å²) in [5, 5.41) is 9.18. The Morgan fingerprint density at radius 3 is 2.50 bits per heavy atom. The van der Waals surface area contributed by atoms with Crippen molar-refractivity contribution in [2.24, 2.45) is 0 Å². The topological polar surface area (TPSA) is 68.9 Å². The van der Waals surface area contributed by atoms with E-state index in [4.69, 9.17) is 11.6 Å². The van der Waals surface area contributed by atoms with E-state index in [-0.39, 0.29) is 16.1 Å². The largest absolute Gasteiger partial charge is 0.493 e. The molecule has 12 heavy (non-hydrogen) atoms. The van der Waals surface area contributed by atoms with Crippen LogP contribution in [0.5, 0.6) is 5.88 Å². The maximum Gasteiger partial charge on any atom is 0.325 e. The average Bonchev–Trinajstić information content (AvgIpc) is 2.28. The molecule has 1 aromatic heterocycles. The molecule has 0 fully saturated rings. The number of imidazole rings is 1. The van der Waals surface area contributed by atoms with Gasteiger partial charge in [0.1, 0.15) is 0 Å². The summed E-state index contributed by atoms with van der Waals surface area (Å²) in [7, 11) is 0. The molecule has 0 aliphatic rings. The minimum atomic E-state index is -0.431. The number of aromatic nitrogens is 2. The van der Waals surface area contributed by atoms with Gasteiger partial charge < -0.3 is 10.1 Å². The molecule has 68 valence electrons. The van der Waals surface area contributed by atoms with Gasteiger partial charge >= 0.3 is 5.69 Å². The highest BCUT2D eigenvalue weighted by Crippen LogP contribution is 2.29. The van der Waals surface area contributed by atoms with E-state index < -0.39 is 5.69 Å². The Balaban J connectivity index is 3.02. The first-order chi connectivity index (χ1) is 5.52. The quantitative estimate of drug-likeness (QED) is 0.701. The van der Waals surface area contributed by atoms with Crippen molar-refractivity contribution in [1.29, 1.82) is 0 Å². The fraction of sp³-hybridized carbons (Fsp3) is 0.500. The Morgan fingerprint density at radius 2 is 2.17 bits per heavy atom. The predicted octanol–water partition coefficient (Wildman–Crippen LogP) is 1.47. The van der Waals surface area contributed by atoms with Crippen LogP contribution in [0.25, 0.3) is 0 Å². The number of hydrogen-bond donors (Lipinski definition) is 3. The number of H-pyrrole nitrogens is 2. The molecule has 0 aliphatic heterocycles. The van der Waals surface area contributed by atoms with Crippen LogP contribution in [0.1, 0.15) is 18.5 Å². The van der Waals surface area contributed by atoms with Crippen LogP contribution in [0.3, 0.4) is 0 Å². The molecule has 2 unspecified atom stereocenters. The molecule has 1 aromatic rings. The molecule has 0 bridgehead atoms. The number of nitrogens with one attached hydrogen (secondary N) is 2. The molecule has 0 amide bonds. The lowest BCUT2D eigenvalue weighted by molar-refractivity contribution is 0.445. The molecule has 1 rings (SSSR count). The first kappa shape index (κ1) is 9.67. The monoisotopic (exact) mass is 254 g/mol. The van der Waals surface area contributed by atoms with E-state index in [0.717, 1.165) is 0 Å². The molecular formula is C6H8BrClN2O2. The SMILES string of the molecule is CC(c1[nH]c(=O)[nH]c1O)C(Cl)Br. The van der Waals surface area contributed by atoms with Gasteiger partial charge in [0.05, 0.1) is 9.98 Å². The van der Waals surface area contributed by atoms with Crippen LogP contribution >= 0.6 is 27.5 Å². The van der Waals surface area contributed by atoms with Gasteiger partial charge in [0.25, 0.3) is 0 Å². The van der Waals surface area contributed by atoms with Gasteiger partial charge in [-0.15, -0.1) is 11.6 Å². The van der Waals surface area contributed by atoms with Gasteiger partial charge in [-0.05, 0) is 0 Å². The average molecular weight is 255 g/mol. The molecule has 0 saturated carbocycles. The third-order valence-corrected chi connectivity index (χ3v) is 2.74. The van der Waals surface area contributed by atoms with Gasteiger partial charge in [-0.2, -0.15) is 0 Å². The summed E-state index contributed by atoms with van der Waals surface area (Å²) in [5.41, 5.74) is -0.0176. The van der Waals surface area contributed by atoms with Crippen LogP contribution in [-0.4, -0.2) is 19.4 Å². The highest BCUT2D eigenvalue weighted by atomic mass is 79.9. The minimum Gasteiger partial charge on any atom is -0.493 e. The van der Waals surface area contributed by atoms with E-state index in [1.54, 1.807) is 6.92 Å². The summed E-state index contributed by atoms with van der Waals surface area (Å²) in [6.07, 6.45) is 0. The van der Waals surface area contributed by atoms with E-state index in [1.807, 2.05) is 0 Å². The number of halogens is 2. The van der Waals surface area contributed by atoms with Gasteiger partial charge in [0, 0.05) is 5.92 Å². The van der Waals surface area contributed by atoms with Crippen LogP contribution < -0.4 is 5.69 Å². The van der Waals surface area contributed by atoms with Crippen molar-refractivity contribution >= 4 is 27.5 Å². The van der Waals surface area contributed by atoms with Crippen LogP contribution in [0.15, 0.2) is 4.79 Å². The van der Waals surface area contributed by atoms with E-state index in [9.17, 15) is 9.90 Å². The van der Waals surface area contributed by atoms with E-state index >= 15 is 0 Å². The lowest BCUT2D eigenvalue weighted by Gasteiger charge is -2.09. The smallest absolute Gasteiger partial charge is 0.325 e. The Kier molecular flexibility index (Phi) is 2.85. The number of rotatable bonds is 2. The third-order valence-electron chi connectivity index (χ3n) is 1.57. The zero-order chi connectivity index (χ0) is 9.30. The van der Waals surface area contributed by atoms with Crippen LogP contribution in [0.2, 0.25) is 0 Å². The molecule has 0 aliphatic carbocycles. The number of aromatic hydroxyl groups is 1. The zero-order valence-corrected chi connectivity index (χ0v) is 8.61. The van der Waals surface area contributed by atoms with Crippen molar-refractivity contribution in [1.82, 2.24) is 9.97 Å². The second kappa shape index (κ2) is 3.53. The Hall–Kier alpha value is -0.420. The highest BCUT2D eigenvalue weighted by Gasteiger charge is 2.19. The molecule has 1 heterocycles. The normalized spacial score (nSPS) is 15.9. The molecule has 0 aromatic carbocycles. The summed E-state index contributed by atoms with van der Waals surface area (Å²) >= 11 is 8.85. The number of alkyl halides is 2. The van der Waals surface area contributed by atoms with Crippen molar-refractivity contribution in [2.75, 3.05) is 0 Å². The van der Waals surface area contributed by atoms with Gasteiger partial charge in [-0.25, -0.2) is 4.79 Å². The molecule has 4 nitrogen and oxygen atoms in total. The van der Waals surface area contributed by atoms with Gasteiger partial charge in [0.15, 0.2) is 0 Å². The second-order valence-corrected chi connectivity index (χ2v) is 4.45. The molecule has 3 N–H and O–H groups in total. The minimum absolute atomic E-state index is 0.155. The first-order valence-electron chi connectivity index (χ1n) is 3.31. The fourth-order valence-electron chi connectivity index (χ4n) is 0.843. The zero-order valence-electron chi connectivity index (χ0n) is 6.27. The Morgan fingerprint density at radius 1 is 1.58 bits per heavy atom. The van der Waals surface area contributed by atoms with Gasteiger partial charge in [-0.1, -0.05) is 22.9 Å². The molecule has 6 heteroatoms. The van der Waals surface area contributed by atoms with Crippen molar-refractivity contribution in [3.8, 4) is 5.88 Å². The summed E-state index contributed by atoms with van der Waals surface area (Å²) in [6.45, 7) is 1.78. The summed E-state index contributed by atoms with van der Waals surface area (Å²) in [6, 6.07) is 0. The Labute approximate surface area is 82.1 Å². The lowest BCUT2D eigenvalue weighted by Crippen LogP contribution is -2.06. The van der Waals surface area contributed by atoms with Crippen molar-refractivity contribution in [3.63, 3.8) is 0 Å². The highest BCUT2D eigenvalue weighted by molar-refractivity contribution is 9.10. The van der Waals surface area contributed by atoms with Gasteiger partial charge in [0.2, 0.25) is 5.88 Å². The first-order valence-corrected chi connectivity index (χ1v) is 4.67. The van der Waals surface area contributed by atoms with Gasteiger partial charge in [-0.3, -0.25) is 4.98 Å². The maximum atomic E-state index is 10.7. The van der Waals surface area contributed by atoms with Crippen LogP contribution in [0.4, 0.5) is 0 Å². The lowest BCUT2D eigenvalue weighted by atomic mass is 10.1. The van der Waals surface area contributed by atoms with Crippen LogP contribution in [0, 0.1) is 0 Å². The molecule has 0 spiro atoms. The van der Waals surface area contributed by atoms with E-state index in [0.29, 0.717) is 5.69 Å². The van der Waals surface area contributed by atoms with E-state index in [1.165, 1.54) is 0 Å². The third kappa shape index (κ3) is 1.84. The van der Waals surface area contributed by atoms with Crippen LogP contribution in [-0.2, 0) is 0 Å². The molecule has 2 atom stereocenters. The summed E-state index contributed by atoms with van der Waals surface area (Å²) in [5.74, 6) is -0.316. The predicted molar refractivity (Wildman–Crippen MR) is 50.1 cm³/mol. The van der Waals surface area contributed by atoms with Crippen molar-refractivity contribution in [2.45, 2.75) is 17.1 Å². The maximum absolute atomic E-state index is 10.7. The molecule has 0 saturated heterocycles. The number of aromatic amines is 2. The van der Waals surface area contributed by atoms with Crippen molar-refractivity contribution < 1.29 is 5.11 Å². The fourth-order valence-corrected chi connectivity index (χ4v) is 1.23. The standard InChI is InChI=1S/C6H8BrClN2O2/c1-2(4(7)8)3-5(11)10-6(12)9-3/h2,4,11H,1H3,(H2,9,10,12). The molecular weight excluding hydrogens is 247 g/mol. The summed E-state index contributed by atoms with van der Waals surface area (Å²) < 4.78 is -0.324.